The van der Waals surface area contributed by atoms with Gasteiger partial charge in [0.25, 0.3) is 0 Å². The predicted molar refractivity (Wildman–Crippen MR) is 83.9 cm³/mol. The highest BCUT2D eigenvalue weighted by atomic mass is 15.3. The van der Waals surface area contributed by atoms with Crippen molar-refractivity contribution in [3.63, 3.8) is 0 Å². The molecular weight excluding hydrogens is 248 g/mol. The molecule has 2 atom stereocenters. The molecule has 0 radical (unpaired) electrons. The van der Waals surface area contributed by atoms with Crippen molar-refractivity contribution in [2.75, 3.05) is 19.6 Å². The van der Waals surface area contributed by atoms with Crippen LogP contribution in [0.2, 0.25) is 0 Å². The molecule has 20 heavy (non-hydrogen) atoms. The smallest absolute Gasteiger partial charge is 0.0522 e. The second-order valence-corrected chi connectivity index (χ2v) is 6.81. The van der Waals surface area contributed by atoms with Gasteiger partial charge in [0.15, 0.2) is 0 Å². The molecule has 1 N–H and O–H groups in total. The lowest BCUT2D eigenvalue weighted by molar-refractivity contribution is 0.0180. The minimum absolute atomic E-state index is 0.254. The van der Waals surface area contributed by atoms with Crippen molar-refractivity contribution in [2.45, 2.75) is 58.0 Å². The van der Waals surface area contributed by atoms with Crippen LogP contribution in [0.25, 0.3) is 0 Å². The lowest BCUT2D eigenvalue weighted by atomic mass is 9.85. The Kier molecular flexibility index (Phi) is 4.55. The van der Waals surface area contributed by atoms with Gasteiger partial charge in [0.05, 0.1) is 6.20 Å². The number of piperazine rings is 1. The second-order valence-electron chi connectivity index (χ2n) is 6.81. The summed E-state index contributed by atoms with van der Waals surface area (Å²) in [5.74, 6) is 0. The van der Waals surface area contributed by atoms with Crippen LogP contribution in [0.4, 0.5) is 0 Å². The molecular formula is C16H30N4. The predicted octanol–water partition coefficient (Wildman–Crippen LogP) is 2.21. The summed E-state index contributed by atoms with van der Waals surface area (Å²) in [5, 5.41) is 8.03. The van der Waals surface area contributed by atoms with E-state index >= 15 is 0 Å². The van der Waals surface area contributed by atoms with E-state index in [-0.39, 0.29) is 11.1 Å². The number of aromatic nitrogens is 2. The molecule has 0 aliphatic carbocycles. The van der Waals surface area contributed by atoms with Gasteiger partial charge in [0.1, 0.15) is 0 Å². The molecule has 1 aromatic rings. The van der Waals surface area contributed by atoms with E-state index in [9.17, 15) is 0 Å². The van der Waals surface area contributed by atoms with Crippen molar-refractivity contribution in [3.05, 3.63) is 18.0 Å². The van der Waals surface area contributed by atoms with Crippen LogP contribution < -0.4 is 5.32 Å². The lowest BCUT2D eigenvalue weighted by Crippen LogP contribution is -2.68. The highest BCUT2D eigenvalue weighted by molar-refractivity contribution is 5.06. The van der Waals surface area contributed by atoms with Crippen molar-refractivity contribution >= 4 is 0 Å². The fraction of sp³-hybridized carbons (Fsp3) is 0.812. The summed E-state index contributed by atoms with van der Waals surface area (Å²) in [7, 11) is 1.98. The molecule has 1 aliphatic heterocycles. The quantitative estimate of drug-likeness (QED) is 0.896. The third kappa shape index (κ3) is 3.23. The number of nitrogens with one attached hydrogen (secondary N) is 1. The lowest BCUT2D eigenvalue weighted by Gasteiger charge is -2.52. The van der Waals surface area contributed by atoms with E-state index < -0.39 is 0 Å². The Morgan fingerprint density at radius 2 is 2.05 bits per heavy atom. The third-order valence-electron chi connectivity index (χ3n) is 5.17. The van der Waals surface area contributed by atoms with Crippen LogP contribution in [-0.4, -0.2) is 45.4 Å². The Labute approximate surface area is 123 Å². The number of nitrogens with zero attached hydrogens (tertiary/aromatic N) is 3. The second kappa shape index (κ2) is 5.86. The summed E-state index contributed by atoms with van der Waals surface area (Å²) < 4.78 is 1.89. The third-order valence-corrected chi connectivity index (χ3v) is 5.17. The molecule has 1 fully saturated rings. The molecule has 0 amide bonds. The molecule has 0 aromatic carbocycles. The summed E-state index contributed by atoms with van der Waals surface area (Å²) in [6.45, 7) is 12.6. The zero-order chi connectivity index (χ0) is 14.8. The summed E-state index contributed by atoms with van der Waals surface area (Å²) in [5.41, 5.74) is 1.86. The van der Waals surface area contributed by atoms with Gasteiger partial charge in [0.2, 0.25) is 0 Å². The molecule has 2 unspecified atom stereocenters. The van der Waals surface area contributed by atoms with Crippen molar-refractivity contribution in [2.24, 2.45) is 7.05 Å². The minimum atomic E-state index is 0.254. The van der Waals surface area contributed by atoms with Gasteiger partial charge in [-0.3, -0.25) is 9.58 Å². The SMILES string of the molecule is CCC1(C)CN(CCc2cnn(C)c2)C(C)(CC)CN1. The van der Waals surface area contributed by atoms with Crippen LogP contribution in [0.15, 0.2) is 12.4 Å². The van der Waals surface area contributed by atoms with E-state index in [1.165, 1.54) is 18.4 Å². The van der Waals surface area contributed by atoms with E-state index in [0.717, 1.165) is 26.1 Å². The zero-order valence-electron chi connectivity index (χ0n) is 13.7. The summed E-state index contributed by atoms with van der Waals surface area (Å²) >= 11 is 0. The van der Waals surface area contributed by atoms with Gasteiger partial charge in [-0.2, -0.15) is 5.10 Å². The molecule has 0 spiro atoms. The average molecular weight is 278 g/mol. The van der Waals surface area contributed by atoms with Gasteiger partial charge < -0.3 is 5.32 Å². The number of hydrogen-bond donors (Lipinski definition) is 1. The zero-order valence-corrected chi connectivity index (χ0v) is 13.7. The van der Waals surface area contributed by atoms with Crippen molar-refractivity contribution in [1.29, 1.82) is 0 Å². The molecule has 1 aliphatic rings. The largest absolute Gasteiger partial charge is 0.308 e. The first-order valence-corrected chi connectivity index (χ1v) is 7.88. The maximum Gasteiger partial charge on any atom is 0.0522 e. The normalized spacial score (nSPS) is 31.6. The van der Waals surface area contributed by atoms with Crippen LogP contribution >= 0.6 is 0 Å². The highest BCUT2D eigenvalue weighted by Crippen LogP contribution is 2.28. The summed E-state index contributed by atoms with van der Waals surface area (Å²) in [4.78, 5) is 2.68. The van der Waals surface area contributed by atoms with Crippen molar-refractivity contribution in [1.82, 2.24) is 20.0 Å². The standard InChI is InChI=1S/C16H30N4/c1-6-15(3)13-20(16(4,7-2)12-17-15)9-8-14-10-18-19(5)11-14/h10-11,17H,6-9,12-13H2,1-5H3. The highest BCUT2D eigenvalue weighted by Gasteiger charge is 2.40. The van der Waals surface area contributed by atoms with Gasteiger partial charge in [-0.1, -0.05) is 13.8 Å². The van der Waals surface area contributed by atoms with Gasteiger partial charge in [0, 0.05) is 44.0 Å². The molecule has 1 saturated heterocycles. The maximum atomic E-state index is 4.27. The van der Waals surface area contributed by atoms with Crippen molar-refractivity contribution < 1.29 is 0 Å². The van der Waals surface area contributed by atoms with E-state index in [1.54, 1.807) is 0 Å². The first kappa shape index (κ1) is 15.5. The van der Waals surface area contributed by atoms with Gasteiger partial charge in [-0.05, 0) is 38.7 Å². The fourth-order valence-corrected chi connectivity index (χ4v) is 2.98. The van der Waals surface area contributed by atoms with Gasteiger partial charge in [-0.25, -0.2) is 0 Å². The number of rotatable bonds is 5. The van der Waals surface area contributed by atoms with E-state index in [1.807, 2.05) is 17.9 Å². The Balaban J connectivity index is 2.04. The number of aryl methyl sites for hydroxylation is 1. The Hall–Kier alpha value is -0.870. The van der Waals surface area contributed by atoms with E-state index in [4.69, 9.17) is 0 Å². The van der Waals surface area contributed by atoms with E-state index in [0.29, 0.717) is 0 Å². The Bertz CT molecular complexity index is 441. The monoisotopic (exact) mass is 278 g/mol. The molecule has 1 aromatic heterocycles. The van der Waals surface area contributed by atoms with Crippen LogP contribution in [-0.2, 0) is 13.5 Å². The Morgan fingerprint density at radius 1 is 1.30 bits per heavy atom. The van der Waals surface area contributed by atoms with Crippen LogP contribution in [0.5, 0.6) is 0 Å². The molecule has 4 heteroatoms. The van der Waals surface area contributed by atoms with Crippen molar-refractivity contribution in [3.8, 4) is 0 Å². The average Bonchev–Trinajstić information content (AvgIpc) is 2.86. The van der Waals surface area contributed by atoms with Gasteiger partial charge >= 0.3 is 0 Å². The molecule has 0 saturated carbocycles. The van der Waals surface area contributed by atoms with Gasteiger partial charge in [-0.15, -0.1) is 0 Å². The summed E-state index contributed by atoms with van der Waals surface area (Å²) in [6.07, 6.45) is 7.57. The van der Waals surface area contributed by atoms with E-state index in [2.05, 4.69) is 49.2 Å². The fourth-order valence-electron chi connectivity index (χ4n) is 2.98. The van der Waals surface area contributed by atoms with Crippen LogP contribution in [0.1, 0.15) is 46.1 Å². The van der Waals surface area contributed by atoms with Crippen LogP contribution in [0.3, 0.4) is 0 Å². The topological polar surface area (TPSA) is 33.1 Å². The number of hydrogen-bond acceptors (Lipinski definition) is 3. The summed E-state index contributed by atoms with van der Waals surface area (Å²) in [6, 6.07) is 0. The molecule has 2 rings (SSSR count). The first-order valence-electron chi connectivity index (χ1n) is 7.88. The Morgan fingerprint density at radius 3 is 2.60 bits per heavy atom. The minimum Gasteiger partial charge on any atom is -0.308 e. The molecule has 4 nitrogen and oxygen atoms in total. The molecule has 114 valence electrons. The molecule has 0 bridgehead atoms. The first-order chi connectivity index (χ1) is 9.41. The maximum absolute atomic E-state index is 4.27. The van der Waals surface area contributed by atoms with Crippen LogP contribution in [0, 0.1) is 0 Å². The molecule has 2 heterocycles.